The number of anilines is 1. The lowest BCUT2D eigenvalue weighted by Gasteiger charge is -2.34. The predicted octanol–water partition coefficient (Wildman–Crippen LogP) is 1.43. The van der Waals surface area contributed by atoms with Crippen LogP contribution in [-0.4, -0.2) is 83.5 Å². The summed E-state index contributed by atoms with van der Waals surface area (Å²) in [6.07, 6.45) is 4.45. The van der Waals surface area contributed by atoms with Gasteiger partial charge in [0.2, 0.25) is 5.91 Å². The number of fused-ring (bicyclic) bond motifs is 1. The van der Waals surface area contributed by atoms with Crippen molar-refractivity contribution in [1.82, 2.24) is 24.5 Å². The number of nitrogens with two attached hydrogens (primary N) is 1. The molecule has 3 N–H and O–H groups in total. The number of aromatic nitrogens is 2. The molecular weight excluding hydrogens is 432 g/mol. The average Bonchev–Trinajstić information content (AvgIpc) is 3.26. The number of imidazole rings is 1. The van der Waals surface area contributed by atoms with Gasteiger partial charge in [0.15, 0.2) is 5.65 Å². The van der Waals surface area contributed by atoms with Crippen LogP contribution in [0.4, 0.5) is 5.82 Å². The molecule has 174 valence electrons. The zero-order valence-electron chi connectivity index (χ0n) is 18.5. The minimum absolute atomic E-state index is 0.176. The molecule has 4 rings (SSSR count). The van der Waals surface area contributed by atoms with E-state index in [1.807, 2.05) is 18.0 Å². The molecule has 0 atom stereocenters. The molecule has 0 spiro atoms. The summed E-state index contributed by atoms with van der Waals surface area (Å²) < 4.78 is 6.99. The van der Waals surface area contributed by atoms with Crippen molar-refractivity contribution in [3.8, 4) is 0 Å². The van der Waals surface area contributed by atoms with E-state index >= 15 is 0 Å². The summed E-state index contributed by atoms with van der Waals surface area (Å²) in [6, 6.07) is 1.59. The first-order chi connectivity index (χ1) is 15.5. The lowest BCUT2D eigenvalue weighted by molar-refractivity contribution is -0.136. The fourth-order valence-corrected chi connectivity index (χ4v) is 4.51. The Labute approximate surface area is 192 Å². The molecule has 0 saturated carbocycles. The topological polar surface area (TPSA) is 105 Å². The average molecular weight is 463 g/mol. The summed E-state index contributed by atoms with van der Waals surface area (Å²) in [5, 5.41) is 3.38. The molecule has 0 unspecified atom stereocenters. The van der Waals surface area contributed by atoms with Crippen molar-refractivity contribution in [3.05, 3.63) is 28.5 Å². The molecule has 0 aromatic carbocycles. The number of piperidine rings is 1. The normalized spacial score (nSPS) is 18.2. The predicted molar refractivity (Wildman–Crippen MR) is 123 cm³/mol. The number of hydrogen-bond donors (Lipinski definition) is 2. The number of amides is 2. The van der Waals surface area contributed by atoms with Crippen molar-refractivity contribution in [2.75, 3.05) is 58.2 Å². The Balaban J connectivity index is 1.29. The van der Waals surface area contributed by atoms with Gasteiger partial charge < -0.3 is 20.7 Å². The Kier molecular flexibility index (Phi) is 7.17. The highest BCUT2D eigenvalue weighted by molar-refractivity contribution is 6.33. The Hall–Kier alpha value is -2.36. The van der Waals surface area contributed by atoms with Crippen LogP contribution in [0.15, 0.2) is 12.3 Å². The van der Waals surface area contributed by atoms with Crippen LogP contribution < -0.4 is 11.1 Å². The highest BCUT2D eigenvalue weighted by Gasteiger charge is 2.25. The fourth-order valence-electron chi connectivity index (χ4n) is 4.31. The Bertz CT molecular complexity index is 980. The number of rotatable bonds is 6. The van der Waals surface area contributed by atoms with Crippen LogP contribution in [0, 0.1) is 5.92 Å². The third-order valence-electron chi connectivity index (χ3n) is 6.36. The molecule has 9 nitrogen and oxygen atoms in total. The summed E-state index contributed by atoms with van der Waals surface area (Å²) in [6.45, 7) is 7.36. The molecule has 2 aromatic heterocycles. The summed E-state index contributed by atoms with van der Waals surface area (Å²) in [5.41, 5.74) is 7.87. The van der Waals surface area contributed by atoms with Crippen LogP contribution in [0.5, 0.6) is 0 Å². The van der Waals surface area contributed by atoms with Gasteiger partial charge in [-0.25, -0.2) is 4.98 Å². The van der Waals surface area contributed by atoms with Crippen molar-refractivity contribution in [2.24, 2.45) is 5.92 Å². The summed E-state index contributed by atoms with van der Waals surface area (Å²) >= 11 is 6.25. The standard InChI is InChI=1S/C22H31ClN6O3/c1-2-16-13-29-20(24)18(23)11-17(21(29)26-16)22(31)25-12-15-3-5-27(6-4-15)14-19(30)28-7-9-32-10-8-28/h11,13,15H,2-10,12,14,24H2,1H3,(H,25,31). The molecule has 2 aliphatic heterocycles. The molecule has 10 heteroatoms. The van der Waals surface area contributed by atoms with Gasteiger partial charge in [-0.3, -0.25) is 18.9 Å². The Morgan fingerprint density at radius 1 is 1.25 bits per heavy atom. The minimum atomic E-state index is -0.199. The minimum Gasteiger partial charge on any atom is -0.384 e. The second kappa shape index (κ2) is 10.1. The number of aryl methyl sites for hydroxylation is 1. The molecule has 0 bridgehead atoms. The quantitative estimate of drug-likeness (QED) is 0.672. The zero-order valence-corrected chi connectivity index (χ0v) is 19.2. The van der Waals surface area contributed by atoms with Crippen LogP contribution in [-0.2, 0) is 16.0 Å². The van der Waals surface area contributed by atoms with Gasteiger partial charge in [-0.2, -0.15) is 0 Å². The summed E-state index contributed by atoms with van der Waals surface area (Å²) in [5.74, 6) is 0.731. The van der Waals surface area contributed by atoms with Crippen LogP contribution >= 0.6 is 11.6 Å². The number of hydrogen-bond acceptors (Lipinski definition) is 6. The lowest BCUT2D eigenvalue weighted by Crippen LogP contribution is -2.47. The largest absolute Gasteiger partial charge is 0.384 e. The van der Waals surface area contributed by atoms with Crippen molar-refractivity contribution in [3.63, 3.8) is 0 Å². The van der Waals surface area contributed by atoms with Gasteiger partial charge >= 0.3 is 0 Å². The first-order valence-corrected chi connectivity index (χ1v) is 11.7. The number of carbonyl (C=O) groups excluding carboxylic acids is 2. The first-order valence-electron chi connectivity index (χ1n) is 11.3. The monoisotopic (exact) mass is 462 g/mol. The van der Waals surface area contributed by atoms with E-state index in [-0.39, 0.29) is 11.8 Å². The van der Waals surface area contributed by atoms with Crippen molar-refractivity contribution >= 4 is 34.9 Å². The molecule has 4 heterocycles. The molecule has 2 saturated heterocycles. The third-order valence-corrected chi connectivity index (χ3v) is 6.66. The number of carbonyl (C=O) groups is 2. The molecule has 2 fully saturated rings. The summed E-state index contributed by atoms with van der Waals surface area (Å²) in [4.78, 5) is 34.0. The van der Waals surface area contributed by atoms with Crippen LogP contribution in [0.3, 0.4) is 0 Å². The van der Waals surface area contributed by atoms with E-state index in [4.69, 9.17) is 22.1 Å². The van der Waals surface area contributed by atoms with Gasteiger partial charge in [0, 0.05) is 25.8 Å². The maximum atomic E-state index is 12.9. The van der Waals surface area contributed by atoms with E-state index in [0.29, 0.717) is 67.4 Å². The van der Waals surface area contributed by atoms with E-state index in [1.54, 1.807) is 10.5 Å². The molecule has 0 radical (unpaired) electrons. The van der Waals surface area contributed by atoms with Gasteiger partial charge in [-0.1, -0.05) is 18.5 Å². The third kappa shape index (κ3) is 5.00. The zero-order chi connectivity index (χ0) is 22.7. The number of nitrogen functional groups attached to an aromatic ring is 1. The van der Waals surface area contributed by atoms with Gasteiger partial charge in [-0.15, -0.1) is 0 Å². The van der Waals surface area contributed by atoms with Gasteiger partial charge in [0.05, 0.1) is 36.0 Å². The second-order valence-corrected chi connectivity index (χ2v) is 8.90. The Morgan fingerprint density at radius 2 is 1.97 bits per heavy atom. The number of likely N-dealkylation sites (tertiary alicyclic amines) is 1. The molecule has 0 aliphatic carbocycles. The van der Waals surface area contributed by atoms with Crippen LogP contribution in [0.25, 0.3) is 5.65 Å². The molecule has 2 amide bonds. The number of halogens is 1. The van der Waals surface area contributed by atoms with Gasteiger partial charge in [0.1, 0.15) is 5.82 Å². The lowest BCUT2D eigenvalue weighted by atomic mass is 9.96. The van der Waals surface area contributed by atoms with Crippen LogP contribution in [0.2, 0.25) is 5.02 Å². The van der Waals surface area contributed by atoms with Crippen molar-refractivity contribution < 1.29 is 14.3 Å². The number of nitrogens with one attached hydrogen (secondary N) is 1. The van der Waals surface area contributed by atoms with E-state index in [0.717, 1.165) is 38.0 Å². The smallest absolute Gasteiger partial charge is 0.255 e. The molecule has 32 heavy (non-hydrogen) atoms. The second-order valence-electron chi connectivity index (χ2n) is 8.49. The van der Waals surface area contributed by atoms with Crippen molar-refractivity contribution in [2.45, 2.75) is 26.2 Å². The highest BCUT2D eigenvalue weighted by Crippen LogP contribution is 2.25. The van der Waals surface area contributed by atoms with Crippen LogP contribution in [0.1, 0.15) is 35.8 Å². The van der Waals surface area contributed by atoms with E-state index in [2.05, 4.69) is 15.2 Å². The maximum absolute atomic E-state index is 12.9. The fraction of sp³-hybridized carbons (Fsp3) is 0.591. The van der Waals surface area contributed by atoms with Crippen molar-refractivity contribution in [1.29, 1.82) is 0 Å². The number of nitrogens with zero attached hydrogens (tertiary/aromatic N) is 4. The van der Waals surface area contributed by atoms with Gasteiger partial charge in [0.25, 0.3) is 5.91 Å². The first kappa shape index (κ1) is 22.8. The van der Waals surface area contributed by atoms with Gasteiger partial charge in [-0.05, 0) is 44.3 Å². The number of morpholine rings is 1. The molecule has 2 aromatic rings. The molecule has 2 aliphatic rings. The summed E-state index contributed by atoms with van der Waals surface area (Å²) in [7, 11) is 0. The van der Waals surface area contributed by atoms with E-state index < -0.39 is 0 Å². The highest BCUT2D eigenvalue weighted by atomic mass is 35.5. The Morgan fingerprint density at radius 3 is 2.66 bits per heavy atom. The van der Waals surface area contributed by atoms with E-state index in [9.17, 15) is 9.59 Å². The maximum Gasteiger partial charge on any atom is 0.255 e. The number of ether oxygens (including phenoxy) is 1. The number of pyridine rings is 1. The van der Waals surface area contributed by atoms with E-state index in [1.165, 1.54) is 0 Å². The SMILES string of the molecule is CCc1cn2c(N)c(Cl)cc(C(=O)NCC3CCN(CC(=O)N4CCOCC4)CC3)c2n1. The molecular formula is C22H31ClN6O3.